The Morgan fingerprint density at radius 3 is 2.68 bits per heavy atom. The summed E-state index contributed by atoms with van der Waals surface area (Å²) in [7, 11) is 1.97. The van der Waals surface area contributed by atoms with Crippen molar-refractivity contribution in [2.24, 2.45) is 5.92 Å². The van der Waals surface area contributed by atoms with E-state index in [4.69, 9.17) is 5.11 Å². The topological polar surface area (TPSA) is 78.4 Å². The third-order valence-corrected chi connectivity index (χ3v) is 2.82. The second-order valence-corrected chi connectivity index (χ2v) is 5.07. The Morgan fingerprint density at radius 1 is 1.42 bits per heavy atom. The van der Waals surface area contributed by atoms with E-state index in [0.717, 1.165) is 18.8 Å². The summed E-state index contributed by atoms with van der Waals surface area (Å²) >= 11 is 0. The van der Waals surface area contributed by atoms with Crippen LogP contribution in [0.4, 0.5) is 11.6 Å². The maximum absolute atomic E-state index is 10.8. The quantitative estimate of drug-likeness (QED) is 0.784. The molecule has 1 atom stereocenters. The molecule has 0 aromatic carbocycles. The van der Waals surface area contributed by atoms with Gasteiger partial charge in [0, 0.05) is 19.7 Å². The highest BCUT2D eigenvalue weighted by Crippen LogP contribution is 2.14. The first-order chi connectivity index (χ1) is 8.90. The molecule has 0 bridgehead atoms. The van der Waals surface area contributed by atoms with Crippen molar-refractivity contribution in [3.63, 3.8) is 0 Å². The summed E-state index contributed by atoms with van der Waals surface area (Å²) in [6.07, 6.45) is 2.52. The summed E-state index contributed by atoms with van der Waals surface area (Å²) in [5.41, 5.74) is 0. The minimum Gasteiger partial charge on any atom is -0.480 e. The lowest BCUT2D eigenvalue weighted by molar-refractivity contribution is -0.137. The van der Waals surface area contributed by atoms with Gasteiger partial charge in [0.25, 0.3) is 0 Å². The average molecular weight is 266 g/mol. The normalized spacial score (nSPS) is 12.3. The van der Waals surface area contributed by atoms with E-state index in [2.05, 4.69) is 29.1 Å². The zero-order valence-electron chi connectivity index (χ0n) is 11.9. The summed E-state index contributed by atoms with van der Waals surface area (Å²) in [5, 5.41) is 11.7. The van der Waals surface area contributed by atoms with Gasteiger partial charge in [0.2, 0.25) is 0 Å². The van der Waals surface area contributed by atoms with Crippen LogP contribution in [0.3, 0.4) is 0 Å². The van der Waals surface area contributed by atoms with E-state index >= 15 is 0 Å². The highest BCUT2D eigenvalue weighted by atomic mass is 16.4. The third-order valence-electron chi connectivity index (χ3n) is 2.82. The van der Waals surface area contributed by atoms with Crippen molar-refractivity contribution in [2.75, 3.05) is 23.8 Å². The highest BCUT2D eigenvalue weighted by molar-refractivity contribution is 5.76. The first-order valence-electron chi connectivity index (χ1n) is 6.42. The predicted octanol–water partition coefficient (Wildman–Crippen LogP) is 1.84. The van der Waals surface area contributed by atoms with Crippen LogP contribution >= 0.6 is 0 Å². The second-order valence-electron chi connectivity index (χ2n) is 5.07. The van der Waals surface area contributed by atoms with Gasteiger partial charge in [-0.3, -0.25) is 4.79 Å². The predicted molar refractivity (Wildman–Crippen MR) is 75.5 cm³/mol. The smallest absolute Gasteiger partial charge is 0.325 e. The Kier molecular flexibility index (Phi) is 5.54. The van der Waals surface area contributed by atoms with E-state index in [1.165, 1.54) is 6.33 Å². The lowest BCUT2D eigenvalue weighted by atomic mass is 10.1. The summed E-state index contributed by atoms with van der Waals surface area (Å²) in [5.74, 6) is 1.04. The molecule has 1 aromatic rings. The van der Waals surface area contributed by atoms with E-state index in [0.29, 0.717) is 11.7 Å². The van der Waals surface area contributed by atoms with Crippen molar-refractivity contribution in [1.29, 1.82) is 0 Å². The molecule has 6 nitrogen and oxygen atoms in total. The first-order valence-corrected chi connectivity index (χ1v) is 6.42. The van der Waals surface area contributed by atoms with Crippen LogP contribution in [-0.2, 0) is 4.79 Å². The van der Waals surface area contributed by atoms with Crippen LogP contribution in [0.1, 0.15) is 27.2 Å². The number of nitrogens with one attached hydrogen (secondary N) is 1. The molecule has 19 heavy (non-hydrogen) atoms. The van der Waals surface area contributed by atoms with Crippen LogP contribution in [0.15, 0.2) is 12.4 Å². The lowest BCUT2D eigenvalue weighted by Gasteiger charge is -2.20. The molecule has 1 heterocycles. The second kappa shape index (κ2) is 6.92. The molecule has 6 heteroatoms. The molecule has 106 valence electrons. The number of nitrogens with zero attached hydrogens (tertiary/aromatic N) is 3. The molecule has 2 N–H and O–H groups in total. The van der Waals surface area contributed by atoms with Gasteiger partial charge in [0.15, 0.2) is 0 Å². The summed E-state index contributed by atoms with van der Waals surface area (Å²) in [4.78, 5) is 21.0. The zero-order valence-corrected chi connectivity index (χ0v) is 11.9. The van der Waals surface area contributed by atoms with Gasteiger partial charge in [-0.15, -0.1) is 0 Å². The molecule has 1 aromatic heterocycles. The Morgan fingerprint density at radius 2 is 2.11 bits per heavy atom. The van der Waals surface area contributed by atoms with Crippen molar-refractivity contribution >= 4 is 17.6 Å². The monoisotopic (exact) mass is 266 g/mol. The van der Waals surface area contributed by atoms with Crippen LogP contribution in [0.2, 0.25) is 0 Å². The van der Waals surface area contributed by atoms with Gasteiger partial charge in [0.1, 0.15) is 24.0 Å². The molecule has 0 amide bonds. The molecule has 0 aliphatic carbocycles. The number of carbonyl (C=O) groups is 1. The number of anilines is 2. The molecule has 0 saturated heterocycles. The minimum absolute atomic E-state index is 0.524. The number of hydrogen-bond acceptors (Lipinski definition) is 5. The zero-order chi connectivity index (χ0) is 14.4. The van der Waals surface area contributed by atoms with Crippen molar-refractivity contribution in [3.05, 3.63) is 12.4 Å². The number of carboxylic acid groups (broad SMARTS) is 1. The molecule has 0 spiro atoms. The number of rotatable bonds is 7. The van der Waals surface area contributed by atoms with Crippen molar-refractivity contribution < 1.29 is 9.90 Å². The van der Waals surface area contributed by atoms with E-state index in [1.54, 1.807) is 13.0 Å². The number of aromatic nitrogens is 2. The largest absolute Gasteiger partial charge is 0.480 e. The highest BCUT2D eigenvalue weighted by Gasteiger charge is 2.12. The van der Waals surface area contributed by atoms with Gasteiger partial charge in [-0.1, -0.05) is 13.8 Å². The lowest BCUT2D eigenvalue weighted by Crippen LogP contribution is -2.26. The number of aliphatic carboxylic acids is 1. The van der Waals surface area contributed by atoms with E-state index in [1.807, 2.05) is 11.9 Å². The molecule has 0 saturated carbocycles. The van der Waals surface area contributed by atoms with Crippen LogP contribution in [0.5, 0.6) is 0 Å². The Labute approximate surface area is 113 Å². The number of hydrogen-bond donors (Lipinski definition) is 2. The van der Waals surface area contributed by atoms with E-state index in [9.17, 15) is 4.79 Å². The molecule has 0 fully saturated rings. The maximum atomic E-state index is 10.8. The van der Waals surface area contributed by atoms with Gasteiger partial charge in [0.05, 0.1) is 0 Å². The van der Waals surface area contributed by atoms with Crippen LogP contribution < -0.4 is 10.2 Å². The fraction of sp³-hybridized carbons (Fsp3) is 0.615. The van der Waals surface area contributed by atoms with Crippen LogP contribution in [-0.4, -0.2) is 40.7 Å². The van der Waals surface area contributed by atoms with Gasteiger partial charge in [-0.05, 0) is 19.3 Å². The summed E-state index contributed by atoms with van der Waals surface area (Å²) < 4.78 is 0. The Bertz CT molecular complexity index is 423. The molecular formula is C13H22N4O2. The molecule has 1 unspecified atom stereocenters. The Balaban J connectivity index is 2.68. The fourth-order valence-electron chi connectivity index (χ4n) is 1.48. The third kappa shape index (κ3) is 5.11. The maximum Gasteiger partial charge on any atom is 0.325 e. The molecule has 0 aliphatic heterocycles. The SMILES string of the molecule is CC(C)CCN(C)c1cc(NC(C)C(=O)O)ncn1. The van der Waals surface area contributed by atoms with Gasteiger partial charge >= 0.3 is 5.97 Å². The van der Waals surface area contributed by atoms with Crippen LogP contribution in [0, 0.1) is 5.92 Å². The van der Waals surface area contributed by atoms with E-state index in [-0.39, 0.29) is 0 Å². The molecule has 0 aliphatic rings. The van der Waals surface area contributed by atoms with E-state index < -0.39 is 12.0 Å². The van der Waals surface area contributed by atoms with Crippen molar-refractivity contribution in [2.45, 2.75) is 33.2 Å². The first kappa shape index (κ1) is 15.2. The molecule has 1 rings (SSSR count). The van der Waals surface area contributed by atoms with Crippen LogP contribution in [0.25, 0.3) is 0 Å². The standard InChI is InChI=1S/C13H22N4O2/c1-9(2)5-6-17(4)12-7-11(14-8-15-12)16-10(3)13(18)19/h7-10H,5-6H2,1-4H3,(H,18,19)(H,14,15,16). The molecular weight excluding hydrogens is 244 g/mol. The fourth-order valence-corrected chi connectivity index (χ4v) is 1.48. The Hall–Kier alpha value is -1.85. The molecule has 0 radical (unpaired) electrons. The van der Waals surface area contributed by atoms with Crippen molar-refractivity contribution in [1.82, 2.24) is 9.97 Å². The summed E-state index contributed by atoms with van der Waals surface area (Å²) in [6, 6.07) is 1.09. The van der Waals surface area contributed by atoms with Gasteiger partial charge in [-0.2, -0.15) is 0 Å². The van der Waals surface area contributed by atoms with Crippen molar-refractivity contribution in [3.8, 4) is 0 Å². The summed E-state index contributed by atoms with van der Waals surface area (Å²) in [6.45, 7) is 6.83. The number of carboxylic acids is 1. The van der Waals surface area contributed by atoms with Gasteiger partial charge in [-0.25, -0.2) is 9.97 Å². The van der Waals surface area contributed by atoms with Gasteiger partial charge < -0.3 is 15.3 Å². The minimum atomic E-state index is -0.909. The average Bonchev–Trinajstić information content (AvgIpc) is 2.36.